The van der Waals surface area contributed by atoms with Gasteiger partial charge in [-0.05, 0) is 56.5 Å². The first-order chi connectivity index (χ1) is 9.72. The maximum Gasteiger partial charge on any atom is 0.123 e. The van der Waals surface area contributed by atoms with E-state index < -0.39 is 0 Å². The van der Waals surface area contributed by atoms with E-state index >= 15 is 0 Å². The fourth-order valence-corrected chi connectivity index (χ4v) is 3.60. The number of methoxy groups -OCH3 is 1. The number of ether oxygens (including phenoxy) is 1. The third-order valence-electron chi connectivity index (χ3n) is 4.27. The van der Waals surface area contributed by atoms with Gasteiger partial charge in [-0.1, -0.05) is 35.7 Å². The molecule has 1 unspecified atom stereocenters. The molecule has 1 heterocycles. The highest BCUT2D eigenvalue weighted by molar-refractivity contribution is 9.10. The molecular formula is C17H26BrNO. The van der Waals surface area contributed by atoms with E-state index in [1.54, 1.807) is 7.11 Å². The Morgan fingerprint density at radius 2 is 2.15 bits per heavy atom. The van der Waals surface area contributed by atoms with Crippen LogP contribution in [-0.4, -0.2) is 25.1 Å². The molecule has 1 aliphatic rings. The number of benzene rings is 1. The molecular weight excluding hydrogens is 314 g/mol. The van der Waals surface area contributed by atoms with Crippen molar-refractivity contribution in [3.05, 3.63) is 28.2 Å². The minimum Gasteiger partial charge on any atom is -0.496 e. The van der Waals surface area contributed by atoms with E-state index in [1.807, 2.05) is 6.07 Å². The molecule has 1 aliphatic heterocycles. The molecule has 1 fully saturated rings. The Bertz CT molecular complexity index is 421. The molecule has 1 atom stereocenters. The summed E-state index contributed by atoms with van der Waals surface area (Å²) in [5.74, 6) is 1.94. The Kier molecular flexibility index (Phi) is 6.37. The first kappa shape index (κ1) is 15.8. The van der Waals surface area contributed by atoms with Crippen molar-refractivity contribution in [2.24, 2.45) is 5.92 Å². The standard InChI is InChI=1S/C17H26BrNO/c1-3-5-14-6-4-10-19(11-9-14)13-15-12-16(18)7-8-17(15)20-2/h7-8,12,14H,3-6,9-11,13H2,1-2H3. The van der Waals surface area contributed by atoms with E-state index in [0.29, 0.717) is 0 Å². The lowest BCUT2D eigenvalue weighted by Gasteiger charge is -2.21. The van der Waals surface area contributed by atoms with Gasteiger partial charge in [-0.25, -0.2) is 0 Å². The maximum atomic E-state index is 5.49. The normalized spacial score (nSPS) is 20.6. The number of rotatable bonds is 5. The van der Waals surface area contributed by atoms with Crippen LogP contribution in [0, 0.1) is 5.92 Å². The molecule has 1 saturated heterocycles. The second-order valence-electron chi connectivity index (χ2n) is 5.82. The molecule has 2 rings (SSSR count). The summed E-state index contributed by atoms with van der Waals surface area (Å²) in [5.41, 5.74) is 1.29. The van der Waals surface area contributed by atoms with Crippen molar-refractivity contribution in [1.82, 2.24) is 4.90 Å². The van der Waals surface area contributed by atoms with Gasteiger partial charge in [0.15, 0.2) is 0 Å². The molecule has 0 bridgehead atoms. The largest absolute Gasteiger partial charge is 0.496 e. The summed E-state index contributed by atoms with van der Waals surface area (Å²) < 4.78 is 6.62. The summed E-state index contributed by atoms with van der Waals surface area (Å²) in [5, 5.41) is 0. The summed E-state index contributed by atoms with van der Waals surface area (Å²) in [6.07, 6.45) is 6.81. The summed E-state index contributed by atoms with van der Waals surface area (Å²) in [7, 11) is 1.76. The van der Waals surface area contributed by atoms with Gasteiger partial charge >= 0.3 is 0 Å². The molecule has 0 aromatic heterocycles. The van der Waals surface area contributed by atoms with Crippen LogP contribution in [0.15, 0.2) is 22.7 Å². The first-order valence-electron chi connectivity index (χ1n) is 7.77. The van der Waals surface area contributed by atoms with Crippen molar-refractivity contribution >= 4 is 15.9 Å². The molecule has 3 heteroatoms. The summed E-state index contributed by atoms with van der Waals surface area (Å²) in [4.78, 5) is 2.58. The van der Waals surface area contributed by atoms with Gasteiger partial charge in [0.05, 0.1) is 7.11 Å². The van der Waals surface area contributed by atoms with Gasteiger partial charge in [0, 0.05) is 16.6 Å². The average Bonchev–Trinajstić information content (AvgIpc) is 2.65. The van der Waals surface area contributed by atoms with Crippen molar-refractivity contribution in [2.45, 2.75) is 45.6 Å². The van der Waals surface area contributed by atoms with E-state index in [2.05, 4.69) is 39.9 Å². The SMILES string of the molecule is CCCC1CCCN(Cc2cc(Br)ccc2OC)CC1. The quantitative estimate of drug-likeness (QED) is 0.759. The second kappa shape index (κ2) is 8.04. The monoisotopic (exact) mass is 339 g/mol. The van der Waals surface area contributed by atoms with Gasteiger partial charge < -0.3 is 4.74 Å². The Balaban J connectivity index is 1.97. The predicted octanol–water partition coefficient (Wildman–Crippen LogP) is 4.86. The molecule has 0 saturated carbocycles. The van der Waals surface area contributed by atoms with E-state index in [9.17, 15) is 0 Å². The van der Waals surface area contributed by atoms with Crippen LogP contribution in [0.2, 0.25) is 0 Å². The highest BCUT2D eigenvalue weighted by atomic mass is 79.9. The molecule has 0 N–H and O–H groups in total. The Morgan fingerprint density at radius 3 is 2.90 bits per heavy atom. The second-order valence-corrected chi connectivity index (χ2v) is 6.73. The number of likely N-dealkylation sites (tertiary alicyclic amines) is 1. The minimum absolute atomic E-state index is 0.939. The lowest BCUT2D eigenvalue weighted by molar-refractivity contribution is 0.266. The number of nitrogens with zero attached hydrogens (tertiary/aromatic N) is 1. The fourth-order valence-electron chi connectivity index (χ4n) is 3.19. The van der Waals surface area contributed by atoms with Crippen LogP contribution in [0.25, 0.3) is 0 Å². The van der Waals surface area contributed by atoms with Crippen LogP contribution in [0.3, 0.4) is 0 Å². The highest BCUT2D eigenvalue weighted by Gasteiger charge is 2.17. The number of hydrogen-bond acceptors (Lipinski definition) is 2. The summed E-state index contributed by atoms with van der Waals surface area (Å²) in [6, 6.07) is 6.28. The first-order valence-corrected chi connectivity index (χ1v) is 8.57. The zero-order chi connectivity index (χ0) is 14.4. The number of halogens is 1. The molecule has 0 aliphatic carbocycles. The molecule has 1 aromatic rings. The van der Waals surface area contributed by atoms with Crippen LogP contribution in [0.1, 0.15) is 44.6 Å². The predicted molar refractivity (Wildman–Crippen MR) is 88.2 cm³/mol. The lowest BCUT2D eigenvalue weighted by atomic mass is 9.96. The van der Waals surface area contributed by atoms with Crippen molar-refractivity contribution in [3.8, 4) is 5.75 Å². The minimum atomic E-state index is 0.939. The van der Waals surface area contributed by atoms with Crippen molar-refractivity contribution < 1.29 is 4.74 Å². The van der Waals surface area contributed by atoms with Gasteiger partial charge in [0.1, 0.15) is 5.75 Å². The van der Waals surface area contributed by atoms with E-state index in [0.717, 1.165) is 22.7 Å². The smallest absolute Gasteiger partial charge is 0.123 e. The zero-order valence-corrected chi connectivity index (χ0v) is 14.3. The van der Waals surface area contributed by atoms with E-state index in [4.69, 9.17) is 4.74 Å². The molecule has 112 valence electrons. The highest BCUT2D eigenvalue weighted by Crippen LogP contribution is 2.27. The van der Waals surface area contributed by atoms with Crippen molar-refractivity contribution in [2.75, 3.05) is 20.2 Å². The molecule has 1 aromatic carbocycles. The van der Waals surface area contributed by atoms with Gasteiger partial charge in [-0.2, -0.15) is 0 Å². The maximum absolute atomic E-state index is 5.49. The van der Waals surface area contributed by atoms with Crippen LogP contribution in [0.4, 0.5) is 0 Å². The topological polar surface area (TPSA) is 12.5 Å². The third kappa shape index (κ3) is 4.49. The molecule has 0 spiro atoms. The van der Waals surface area contributed by atoms with E-state index in [1.165, 1.54) is 50.8 Å². The lowest BCUT2D eigenvalue weighted by Crippen LogP contribution is -2.24. The average molecular weight is 340 g/mol. The molecule has 20 heavy (non-hydrogen) atoms. The summed E-state index contributed by atoms with van der Waals surface area (Å²) in [6.45, 7) is 5.74. The molecule has 0 amide bonds. The molecule has 0 radical (unpaired) electrons. The van der Waals surface area contributed by atoms with Gasteiger partial charge in [0.2, 0.25) is 0 Å². The fraction of sp³-hybridized carbons (Fsp3) is 0.647. The van der Waals surface area contributed by atoms with Crippen LogP contribution >= 0.6 is 15.9 Å². The van der Waals surface area contributed by atoms with Crippen molar-refractivity contribution in [1.29, 1.82) is 0 Å². The van der Waals surface area contributed by atoms with Crippen molar-refractivity contribution in [3.63, 3.8) is 0 Å². The van der Waals surface area contributed by atoms with Crippen LogP contribution < -0.4 is 4.74 Å². The Labute approximate surface area is 131 Å². The summed E-state index contributed by atoms with van der Waals surface area (Å²) >= 11 is 3.56. The van der Waals surface area contributed by atoms with Crippen LogP contribution in [0.5, 0.6) is 5.75 Å². The Hall–Kier alpha value is -0.540. The third-order valence-corrected chi connectivity index (χ3v) is 4.77. The van der Waals surface area contributed by atoms with E-state index in [-0.39, 0.29) is 0 Å². The molecule has 2 nitrogen and oxygen atoms in total. The van der Waals surface area contributed by atoms with Gasteiger partial charge in [-0.3, -0.25) is 4.90 Å². The van der Waals surface area contributed by atoms with Crippen LogP contribution in [-0.2, 0) is 6.54 Å². The van der Waals surface area contributed by atoms with Gasteiger partial charge in [0.25, 0.3) is 0 Å². The zero-order valence-electron chi connectivity index (χ0n) is 12.7. The van der Waals surface area contributed by atoms with Gasteiger partial charge in [-0.15, -0.1) is 0 Å². The number of hydrogen-bond donors (Lipinski definition) is 0. The Morgan fingerprint density at radius 1 is 1.30 bits per heavy atom.